The maximum atomic E-state index is 12.3. The zero-order valence-electron chi connectivity index (χ0n) is 11.5. The zero-order valence-corrected chi connectivity index (χ0v) is 13.0. The van der Waals surface area contributed by atoms with E-state index in [1.807, 2.05) is 0 Å². The maximum absolute atomic E-state index is 12.3. The predicted octanol–water partition coefficient (Wildman–Crippen LogP) is 3.87. The molecule has 0 bridgehead atoms. The van der Waals surface area contributed by atoms with Crippen LogP contribution in [0.15, 0.2) is 18.2 Å². The van der Waals surface area contributed by atoms with E-state index < -0.39 is 5.79 Å². The monoisotopic (exact) mass is 329 g/mol. The smallest absolute Gasteiger partial charge is 0.227 e. The molecule has 1 saturated heterocycles. The second-order valence-corrected chi connectivity index (χ2v) is 6.34. The van der Waals surface area contributed by atoms with Gasteiger partial charge in [-0.25, -0.2) is 0 Å². The Morgan fingerprint density at radius 2 is 1.86 bits per heavy atom. The van der Waals surface area contributed by atoms with Crippen molar-refractivity contribution in [3.05, 3.63) is 28.2 Å². The molecule has 1 amide bonds. The van der Waals surface area contributed by atoms with Gasteiger partial charge < -0.3 is 14.8 Å². The molecule has 1 aliphatic heterocycles. The first-order valence-electron chi connectivity index (χ1n) is 7.12. The fourth-order valence-electron chi connectivity index (χ4n) is 2.93. The minimum Gasteiger partial charge on any atom is -0.348 e. The van der Waals surface area contributed by atoms with Crippen LogP contribution >= 0.6 is 23.2 Å². The summed E-state index contributed by atoms with van der Waals surface area (Å²) in [6.45, 7) is 1.30. The first kappa shape index (κ1) is 15.1. The van der Waals surface area contributed by atoms with Crippen molar-refractivity contribution >= 4 is 34.8 Å². The van der Waals surface area contributed by atoms with Crippen LogP contribution in [-0.4, -0.2) is 24.9 Å². The summed E-state index contributed by atoms with van der Waals surface area (Å²) in [5.74, 6) is -0.475. The lowest BCUT2D eigenvalue weighted by atomic mass is 9.84. The number of benzene rings is 1. The van der Waals surface area contributed by atoms with Crippen LogP contribution in [0.4, 0.5) is 5.69 Å². The molecule has 1 N–H and O–H groups in total. The Balaban J connectivity index is 1.59. The van der Waals surface area contributed by atoms with Crippen LogP contribution in [0.25, 0.3) is 0 Å². The first-order valence-corrected chi connectivity index (χ1v) is 7.87. The van der Waals surface area contributed by atoms with E-state index in [0.717, 1.165) is 25.7 Å². The van der Waals surface area contributed by atoms with Crippen molar-refractivity contribution in [3.8, 4) is 0 Å². The predicted molar refractivity (Wildman–Crippen MR) is 81.7 cm³/mol. The highest BCUT2D eigenvalue weighted by Gasteiger charge is 2.41. The quantitative estimate of drug-likeness (QED) is 0.896. The van der Waals surface area contributed by atoms with Crippen LogP contribution in [0.5, 0.6) is 0 Å². The second-order valence-electron chi connectivity index (χ2n) is 5.50. The van der Waals surface area contributed by atoms with E-state index in [0.29, 0.717) is 28.9 Å². The molecule has 21 heavy (non-hydrogen) atoms. The van der Waals surface area contributed by atoms with E-state index in [1.165, 1.54) is 0 Å². The van der Waals surface area contributed by atoms with Crippen LogP contribution in [0.3, 0.4) is 0 Å². The molecule has 1 heterocycles. The van der Waals surface area contributed by atoms with Gasteiger partial charge in [0.2, 0.25) is 5.91 Å². The molecule has 0 radical (unpaired) electrons. The number of rotatable bonds is 2. The molecule has 1 saturated carbocycles. The molecule has 0 atom stereocenters. The van der Waals surface area contributed by atoms with Crippen molar-refractivity contribution in [2.45, 2.75) is 31.5 Å². The Bertz CT molecular complexity index is 534. The van der Waals surface area contributed by atoms with E-state index in [1.54, 1.807) is 18.2 Å². The molecular weight excluding hydrogens is 313 g/mol. The van der Waals surface area contributed by atoms with Gasteiger partial charge in [0.05, 0.1) is 23.9 Å². The summed E-state index contributed by atoms with van der Waals surface area (Å²) in [6, 6.07) is 5.05. The number of halogens is 2. The van der Waals surface area contributed by atoms with Crippen molar-refractivity contribution < 1.29 is 14.3 Å². The van der Waals surface area contributed by atoms with Crippen LogP contribution in [-0.2, 0) is 14.3 Å². The fraction of sp³-hybridized carbons (Fsp3) is 0.533. The Labute approximate surface area is 133 Å². The number of ether oxygens (including phenoxy) is 2. The molecule has 2 fully saturated rings. The highest BCUT2D eigenvalue weighted by Crippen LogP contribution is 2.38. The molecule has 1 aromatic rings. The minimum atomic E-state index is -0.436. The lowest BCUT2D eigenvalue weighted by molar-refractivity contribution is -0.182. The first-order chi connectivity index (χ1) is 10.1. The molecule has 0 aromatic heterocycles. The van der Waals surface area contributed by atoms with Crippen LogP contribution in [0.2, 0.25) is 10.0 Å². The van der Waals surface area contributed by atoms with Gasteiger partial charge in [0.15, 0.2) is 5.79 Å². The summed E-state index contributed by atoms with van der Waals surface area (Å²) in [5.41, 5.74) is 0.597. The lowest BCUT2D eigenvalue weighted by Crippen LogP contribution is -2.38. The molecule has 114 valence electrons. The fourth-order valence-corrected chi connectivity index (χ4v) is 3.39. The Morgan fingerprint density at radius 3 is 2.48 bits per heavy atom. The molecule has 1 aromatic carbocycles. The Kier molecular flexibility index (Phi) is 4.41. The van der Waals surface area contributed by atoms with Gasteiger partial charge in [0, 0.05) is 23.8 Å². The number of hydrogen-bond donors (Lipinski definition) is 1. The summed E-state index contributed by atoms with van der Waals surface area (Å²) in [6.07, 6.45) is 3.05. The third-order valence-electron chi connectivity index (χ3n) is 4.12. The van der Waals surface area contributed by atoms with Crippen molar-refractivity contribution in [1.29, 1.82) is 0 Å². The summed E-state index contributed by atoms with van der Waals surface area (Å²) < 4.78 is 11.3. The van der Waals surface area contributed by atoms with E-state index in [2.05, 4.69) is 5.32 Å². The van der Waals surface area contributed by atoms with Crippen molar-refractivity contribution in [3.63, 3.8) is 0 Å². The SMILES string of the molecule is O=C(Nc1ccc(Cl)cc1Cl)C1CCC2(CC1)OCCO2. The van der Waals surface area contributed by atoms with E-state index in [4.69, 9.17) is 32.7 Å². The average Bonchev–Trinajstić information content (AvgIpc) is 2.91. The average molecular weight is 330 g/mol. The molecule has 3 rings (SSSR count). The number of anilines is 1. The van der Waals surface area contributed by atoms with Gasteiger partial charge in [-0.05, 0) is 31.0 Å². The summed E-state index contributed by atoms with van der Waals surface area (Å²) in [7, 11) is 0. The van der Waals surface area contributed by atoms with Crippen LogP contribution in [0, 0.1) is 5.92 Å². The number of amides is 1. The summed E-state index contributed by atoms with van der Waals surface area (Å²) >= 11 is 11.9. The number of hydrogen-bond acceptors (Lipinski definition) is 3. The van der Waals surface area contributed by atoms with E-state index in [9.17, 15) is 4.79 Å². The number of carbonyl (C=O) groups excluding carboxylic acids is 1. The van der Waals surface area contributed by atoms with Crippen LogP contribution in [0.1, 0.15) is 25.7 Å². The lowest BCUT2D eigenvalue weighted by Gasteiger charge is -2.34. The second kappa shape index (κ2) is 6.13. The highest BCUT2D eigenvalue weighted by molar-refractivity contribution is 6.36. The molecule has 1 spiro atoms. The van der Waals surface area contributed by atoms with E-state index in [-0.39, 0.29) is 11.8 Å². The van der Waals surface area contributed by atoms with Gasteiger partial charge in [-0.1, -0.05) is 23.2 Å². The number of nitrogens with one attached hydrogen (secondary N) is 1. The molecule has 6 heteroatoms. The standard InChI is InChI=1S/C15H17Cl2NO3/c16-11-1-2-13(12(17)9-11)18-14(19)10-3-5-15(6-4-10)20-7-8-21-15/h1-2,9-10H,3-8H2,(H,18,19). The topological polar surface area (TPSA) is 47.6 Å². The largest absolute Gasteiger partial charge is 0.348 e. The zero-order chi connectivity index (χ0) is 14.9. The number of carbonyl (C=O) groups is 1. The molecule has 0 unspecified atom stereocenters. The van der Waals surface area contributed by atoms with Crippen LogP contribution < -0.4 is 5.32 Å². The van der Waals surface area contributed by atoms with Gasteiger partial charge in [-0.15, -0.1) is 0 Å². The molecule has 1 aliphatic carbocycles. The normalized spacial score (nSPS) is 21.6. The van der Waals surface area contributed by atoms with Crippen molar-refractivity contribution in [1.82, 2.24) is 0 Å². The van der Waals surface area contributed by atoms with Gasteiger partial charge in [0.1, 0.15) is 0 Å². The van der Waals surface area contributed by atoms with Gasteiger partial charge in [0.25, 0.3) is 0 Å². The van der Waals surface area contributed by atoms with Gasteiger partial charge in [-0.2, -0.15) is 0 Å². The molecule has 4 nitrogen and oxygen atoms in total. The molecular formula is C15H17Cl2NO3. The Morgan fingerprint density at radius 1 is 1.19 bits per heavy atom. The van der Waals surface area contributed by atoms with Gasteiger partial charge in [-0.3, -0.25) is 4.79 Å². The summed E-state index contributed by atoms with van der Waals surface area (Å²) in [4.78, 5) is 12.3. The van der Waals surface area contributed by atoms with Gasteiger partial charge >= 0.3 is 0 Å². The molecule has 2 aliphatic rings. The van der Waals surface area contributed by atoms with E-state index >= 15 is 0 Å². The highest BCUT2D eigenvalue weighted by atomic mass is 35.5. The summed E-state index contributed by atoms with van der Waals surface area (Å²) in [5, 5.41) is 3.87. The minimum absolute atomic E-state index is 0.00734. The Hall–Kier alpha value is -0.810. The third kappa shape index (κ3) is 3.34. The third-order valence-corrected chi connectivity index (χ3v) is 4.67. The van der Waals surface area contributed by atoms with Crippen molar-refractivity contribution in [2.75, 3.05) is 18.5 Å². The maximum Gasteiger partial charge on any atom is 0.227 e. The van der Waals surface area contributed by atoms with Crippen molar-refractivity contribution in [2.24, 2.45) is 5.92 Å².